The van der Waals surface area contributed by atoms with Crippen molar-refractivity contribution < 1.29 is 13.6 Å². The van der Waals surface area contributed by atoms with Crippen molar-refractivity contribution >= 4 is 6.29 Å². The molecule has 0 aliphatic heterocycles. The van der Waals surface area contributed by atoms with E-state index < -0.39 is 11.6 Å². The maximum Gasteiger partial charge on any atom is 0.159 e. The molecule has 0 amide bonds. The molecule has 2 aliphatic rings. The van der Waals surface area contributed by atoms with Gasteiger partial charge in [-0.25, -0.2) is 8.78 Å². The Morgan fingerprint density at radius 1 is 1.09 bits per heavy atom. The highest BCUT2D eigenvalue weighted by molar-refractivity contribution is 5.59. The summed E-state index contributed by atoms with van der Waals surface area (Å²) in [6.45, 7) is 0. The van der Waals surface area contributed by atoms with Gasteiger partial charge in [-0.1, -0.05) is 31.7 Å². The minimum atomic E-state index is -0.809. The molecule has 2 fully saturated rings. The molecule has 120 valence electrons. The third-order valence-electron chi connectivity index (χ3n) is 5.89. The lowest BCUT2D eigenvalue weighted by Crippen LogP contribution is -2.37. The van der Waals surface area contributed by atoms with Gasteiger partial charge in [0.05, 0.1) is 0 Å². The minimum absolute atomic E-state index is 0.247. The molecule has 2 saturated carbocycles. The summed E-state index contributed by atoms with van der Waals surface area (Å²) in [6, 6.07) is 4.07. The van der Waals surface area contributed by atoms with Crippen molar-refractivity contribution in [2.24, 2.45) is 17.3 Å². The second-order valence-corrected chi connectivity index (χ2v) is 7.28. The van der Waals surface area contributed by atoms with Crippen LogP contribution < -0.4 is 0 Å². The largest absolute Gasteiger partial charge is 0.303 e. The van der Waals surface area contributed by atoms with Gasteiger partial charge < -0.3 is 4.79 Å². The fourth-order valence-electron chi connectivity index (χ4n) is 4.51. The predicted molar refractivity (Wildman–Crippen MR) is 82.5 cm³/mol. The van der Waals surface area contributed by atoms with Crippen LogP contribution in [-0.4, -0.2) is 6.29 Å². The van der Waals surface area contributed by atoms with Crippen LogP contribution in [0.25, 0.3) is 0 Å². The first-order chi connectivity index (χ1) is 10.6. The zero-order valence-corrected chi connectivity index (χ0v) is 13.0. The lowest BCUT2D eigenvalue weighted by Gasteiger charge is -2.44. The van der Waals surface area contributed by atoms with E-state index >= 15 is 0 Å². The third kappa shape index (κ3) is 3.23. The van der Waals surface area contributed by atoms with E-state index in [2.05, 4.69) is 0 Å². The Balaban J connectivity index is 1.66. The van der Waals surface area contributed by atoms with Crippen LogP contribution in [0.4, 0.5) is 8.78 Å². The molecular formula is C19H24F2O. The standard InChI is InChI=1S/C19H24F2O/c20-17-6-5-14(11-18(17)21)7-9-19(13-22)10-8-15-3-1-2-4-16(15)12-19/h5-6,11,13,15-16H,1-4,7-10,12H2/t15-,16-,19?/m0/s1. The van der Waals surface area contributed by atoms with E-state index in [1.165, 1.54) is 37.8 Å². The number of fused-ring (bicyclic) bond motifs is 1. The SMILES string of the molecule is O=CC1(CCc2ccc(F)c(F)c2)CC[C@@H]2CCCC[C@H]2C1. The molecular weight excluding hydrogens is 282 g/mol. The normalized spacial score (nSPS) is 31.5. The molecule has 1 nitrogen and oxygen atoms in total. The fourth-order valence-corrected chi connectivity index (χ4v) is 4.51. The first-order valence-corrected chi connectivity index (χ1v) is 8.52. The minimum Gasteiger partial charge on any atom is -0.303 e. The average molecular weight is 306 g/mol. The Hall–Kier alpha value is -1.25. The third-order valence-corrected chi connectivity index (χ3v) is 5.89. The van der Waals surface area contributed by atoms with Crippen LogP contribution in [0.15, 0.2) is 18.2 Å². The molecule has 22 heavy (non-hydrogen) atoms. The smallest absolute Gasteiger partial charge is 0.159 e. The summed E-state index contributed by atoms with van der Waals surface area (Å²) in [5.74, 6) is -0.104. The Morgan fingerprint density at radius 3 is 2.59 bits per heavy atom. The van der Waals surface area contributed by atoms with Crippen LogP contribution in [0.1, 0.15) is 56.9 Å². The molecule has 1 aromatic carbocycles. The molecule has 0 radical (unpaired) electrons. The van der Waals surface area contributed by atoms with Gasteiger partial charge in [0, 0.05) is 5.41 Å². The summed E-state index contributed by atoms with van der Waals surface area (Å²) in [5.41, 5.74) is 0.537. The van der Waals surface area contributed by atoms with Crippen molar-refractivity contribution in [3.8, 4) is 0 Å². The highest BCUT2D eigenvalue weighted by atomic mass is 19.2. The quantitative estimate of drug-likeness (QED) is 0.710. The topological polar surface area (TPSA) is 17.1 Å². The number of aldehydes is 1. The molecule has 2 aliphatic carbocycles. The van der Waals surface area contributed by atoms with Crippen molar-refractivity contribution in [1.29, 1.82) is 0 Å². The van der Waals surface area contributed by atoms with Crippen LogP contribution in [-0.2, 0) is 11.2 Å². The monoisotopic (exact) mass is 306 g/mol. The number of benzene rings is 1. The van der Waals surface area contributed by atoms with Gasteiger partial charge in [0.25, 0.3) is 0 Å². The van der Waals surface area contributed by atoms with E-state index in [0.717, 1.165) is 43.5 Å². The molecule has 1 unspecified atom stereocenters. The van der Waals surface area contributed by atoms with Gasteiger partial charge in [0.2, 0.25) is 0 Å². The molecule has 0 bridgehead atoms. The molecule has 0 heterocycles. The Morgan fingerprint density at radius 2 is 1.86 bits per heavy atom. The molecule has 1 aromatic rings. The van der Waals surface area contributed by atoms with Crippen LogP contribution in [0.3, 0.4) is 0 Å². The van der Waals surface area contributed by atoms with Crippen molar-refractivity contribution in [2.45, 2.75) is 57.8 Å². The molecule has 0 spiro atoms. The van der Waals surface area contributed by atoms with Crippen LogP contribution in [0, 0.1) is 28.9 Å². The summed E-state index contributed by atoms with van der Waals surface area (Å²) in [4.78, 5) is 11.8. The second-order valence-electron chi connectivity index (χ2n) is 7.28. The lowest BCUT2D eigenvalue weighted by atomic mass is 9.60. The number of hydrogen-bond acceptors (Lipinski definition) is 1. The number of hydrogen-bond donors (Lipinski definition) is 0. The van der Waals surface area contributed by atoms with Crippen molar-refractivity contribution in [2.75, 3.05) is 0 Å². The van der Waals surface area contributed by atoms with Gasteiger partial charge in [-0.3, -0.25) is 0 Å². The summed E-state index contributed by atoms with van der Waals surface area (Å²) in [5, 5.41) is 0. The zero-order chi connectivity index (χ0) is 15.6. The van der Waals surface area contributed by atoms with E-state index in [1.54, 1.807) is 6.07 Å². The first kappa shape index (κ1) is 15.6. The van der Waals surface area contributed by atoms with Gasteiger partial charge in [0.1, 0.15) is 6.29 Å². The van der Waals surface area contributed by atoms with E-state index in [-0.39, 0.29) is 5.41 Å². The van der Waals surface area contributed by atoms with Gasteiger partial charge in [-0.2, -0.15) is 0 Å². The molecule has 3 atom stereocenters. The lowest BCUT2D eigenvalue weighted by molar-refractivity contribution is -0.120. The second kappa shape index (κ2) is 6.47. The van der Waals surface area contributed by atoms with Crippen LogP contribution in [0.5, 0.6) is 0 Å². The number of halogens is 2. The zero-order valence-electron chi connectivity index (χ0n) is 13.0. The highest BCUT2D eigenvalue weighted by Crippen LogP contribution is 2.49. The molecule has 3 heteroatoms. The molecule has 0 N–H and O–H groups in total. The summed E-state index contributed by atoms with van der Waals surface area (Å²) >= 11 is 0. The summed E-state index contributed by atoms with van der Waals surface area (Å²) < 4.78 is 26.3. The fraction of sp³-hybridized carbons (Fsp3) is 0.632. The Bertz CT molecular complexity index is 542. The number of rotatable bonds is 4. The molecule has 0 saturated heterocycles. The maximum absolute atomic E-state index is 13.3. The van der Waals surface area contributed by atoms with E-state index in [0.29, 0.717) is 12.3 Å². The Kier molecular flexibility index (Phi) is 4.60. The maximum atomic E-state index is 13.3. The van der Waals surface area contributed by atoms with E-state index in [4.69, 9.17) is 0 Å². The molecule has 0 aromatic heterocycles. The first-order valence-electron chi connectivity index (χ1n) is 8.52. The highest BCUT2D eigenvalue weighted by Gasteiger charge is 2.41. The predicted octanol–water partition coefficient (Wildman–Crippen LogP) is 5.07. The van der Waals surface area contributed by atoms with E-state index in [1.807, 2.05) is 0 Å². The average Bonchev–Trinajstić information content (AvgIpc) is 2.56. The van der Waals surface area contributed by atoms with Crippen LogP contribution in [0.2, 0.25) is 0 Å². The number of carbonyl (C=O) groups excluding carboxylic acids is 1. The van der Waals surface area contributed by atoms with Gasteiger partial charge in [0.15, 0.2) is 11.6 Å². The van der Waals surface area contributed by atoms with Crippen molar-refractivity contribution in [3.05, 3.63) is 35.4 Å². The van der Waals surface area contributed by atoms with Gasteiger partial charge in [-0.05, 0) is 61.6 Å². The molecule has 3 rings (SSSR count). The Labute approximate surface area is 131 Å². The summed E-state index contributed by atoms with van der Waals surface area (Å²) in [7, 11) is 0. The van der Waals surface area contributed by atoms with Gasteiger partial charge >= 0.3 is 0 Å². The number of carbonyl (C=O) groups is 1. The van der Waals surface area contributed by atoms with Crippen molar-refractivity contribution in [1.82, 2.24) is 0 Å². The van der Waals surface area contributed by atoms with Crippen LogP contribution >= 0.6 is 0 Å². The van der Waals surface area contributed by atoms with Gasteiger partial charge in [-0.15, -0.1) is 0 Å². The number of aryl methyl sites for hydroxylation is 1. The van der Waals surface area contributed by atoms with Crippen molar-refractivity contribution in [3.63, 3.8) is 0 Å². The summed E-state index contributed by atoms with van der Waals surface area (Å²) in [6.07, 6.45) is 10.9. The van der Waals surface area contributed by atoms with E-state index in [9.17, 15) is 13.6 Å².